The quantitative estimate of drug-likeness (QED) is 0.759. The van der Waals surface area contributed by atoms with Gasteiger partial charge in [0.15, 0.2) is 0 Å². The molecule has 0 saturated heterocycles. The molecule has 0 saturated carbocycles. The van der Waals surface area contributed by atoms with Crippen LogP contribution in [0.5, 0.6) is 0 Å². The van der Waals surface area contributed by atoms with Gasteiger partial charge in [0.2, 0.25) is 0 Å². The highest BCUT2D eigenvalue weighted by atomic mass is 79.9. The van der Waals surface area contributed by atoms with Crippen molar-refractivity contribution in [1.82, 2.24) is 0 Å². The van der Waals surface area contributed by atoms with Crippen LogP contribution in [0.4, 0.5) is 10.1 Å². The highest BCUT2D eigenvalue weighted by Gasteiger charge is 2.08. The van der Waals surface area contributed by atoms with Gasteiger partial charge >= 0.3 is 0 Å². The van der Waals surface area contributed by atoms with Crippen molar-refractivity contribution in [3.8, 4) is 0 Å². The smallest absolute Gasteiger partial charge is 0.128 e. The van der Waals surface area contributed by atoms with E-state index in [0.29, 0.717) is 12.1 Å². The number of hydrogen-bond donors (Lipinski definition) is 0. The summed E-state index contributed by atoms with van der Waals surface area (Å²) in [5, 5.41) is 0.796. The molecule has 2 aromatic carbocycles. The number of para-hydroxylation sites is 1. The third-order valence-electron chi connectivity index (χ3n) is 2.91. The number of nitrogens with zero attached hydrogens (tertiary/aromatic N) is 1. The van der Waals surface area contributed by atoms with Crippen molar-refractivity contribution in [3.63, 3.8) is 0 Å². The highest BCUT2D eigenvalue weighted by Crippen LogP contribution is 2.23. The number of hydrogen-bond acceptors (Lipinski definition) is 1. The lowest BCUT2D eigenvalue weighted by Gasteiger charge is -2.22. The van der Waals surface area contributed by atoms with Gasteiger partial charge in [0, 0.05) is 30.2 Å². The Morgan fingerprint density at radius 3 is 2.28 bits per heavy atom. The lowest BCUT2D eigenvalue weighted by molar-refractivity contribution is 0.608. The predicted molar refractivity (Wildman–Crippen MR) is 77.6 cm³/mol. The van der Waals surface area contributed by atoms with Crippen molar-refractivity contribution in [2.45, 2.75) is 11.9 Å². The van der Waals surface area contributed by atoms with Gasteiger partial charge in [-0.1, -0.05) is 52.3 Å². The van der Waals surface area contributed by atoms with Crippen LogP contribution in [0.2, 0.25) is 0 Å². The molecule has 0 aliphatic rings. The molecule has 18 heavy (non-hydrogen) atoms. The normalized spacial score (nSPS) is 10.4. The van der Waals surface area contributed by atoms with Crippen molar-refractivity contribution < 1.29 is 4.39 Å². The molecule has 0 N–H and O–H groups in total. The van der Waals surface area contributed by atoms with Crippen LogP contribution in [0.1, 0.15) is 11.1 Å². The number of halogens is 2. The Morgan fingerprint density at radius 1 is 1.00 bits per heavy atom. The zero-order valence-corrected chi connectivity index (χ0v) is 11.8. The minimum atomic E-state index is -0.152. The summed E-state index contributed by atoms with van der Waals surface area (Å²) in [5.41, 5.74) is 3.04. The summed E-state index contributed by atoms with van der Waals surface area (Å²) in [5.74, 6) is -0.152. The molecule has 1 nitrogen and oxygen atoms in total. The number of benzene rings is 2. The van der Waals surface area contributed by atoms with Crippen molar-refractivity contribution in [3.05, 3.63) is 65.5 Å². The maximum absolute atomic E-state index is 13.6. The minimum absolute atomic E-state index is 0.152. The lowest BCUT2D eigenvalue weighted by atomic mass is 10.1. The second kappa shape index (κ2) is 6.01. The Balaban J connectivity index is 2.22. The fourth-order valence-electron chi connectivity index (χ4n) is 1.96. The van der Waals surface area contributed by atoms with Crippen LogP contribution in [-0.4, -0.2) is 7.05 Å². The van der Waals surface area contributed by atoms with Crippen LogP contribution < -0.4 is 4.90 Å². The number of alkyl halides is 1. The summed E-state index contributed by atoms with van der Waals surface area (Å²) in [6.45, 7) is 0.566. The van der Waals surface area contributed by atoms with Gasteiger partial charge in [0.1, 0.15) is 5.82 Å². The van der Waals surface area contributed by atoms with Crippen LogP contribution in [0.15, 0.2) is 48.5 Å². The molecule has 0 radical (unpaired) electrons. The molecule has 0 atom stereocenters. The maximum atomic E-state index is 13.6. The van der Waals surface area contributed by atoms with Gasteiger partial charge < -0.3 is 4.90 Å². The lowest BCUT2D eigenvalue weighted by Crippen LogP contribution is -2.18. The SMILES string of the molecule is CN(Cc1ccccc1F)c1ccccc1CBr. The Labute approximate surface area is 115 Å². The van der Waals surface area contributed by atoms with Crippen molar-refractivity contribution >= 4 is 21.6 Å². The van der Waals surface area contributed by atoms with E-state index in [9.17, 15) is 4.39 Å². The van der Waals surface area contributed by atoms with E-state index in [1.165, 1.54) is 11.6 Å². The molecule has 0 fully saturated rings. The van der Waals surface area contributed by atoms with E-state index >= 15 is 0 Å². The highest BCUT2D eigenvalue weighted by molar-refractivity contribution is 9.08. The molecule has 0 bridgehead atoms. The molecule has 2 aromatic rings. The van der Waals surface area contributed by atoms with Crippen molar-refractivity contribution in [1.29, 1.82) is 0 Å². The molecular formula is C15H15BrFN. The summed E-state index contributed by atoms with van der Waals surface area (Å²) in [6, 6.07) is 15.0. The van der Waals surface area contributed by atoms with Crippen LogP contribution >= 0.6 is 15.9 Å². The summed E-state index contributed by atoms with van der Waals surface area (Å²) < 4.78 is 13.6. The minimum Gasteiger partial charge on any atom is -0.370 e. The molecule has 0 aliphatic carbocycles. The average molecular weight is 308 g/mol. The Morgan fingerprint density at radius 2 is 1.61 bits per heavy atom. The molecule has 0 unspecified atom stereocenters. The summed E-state index contributed by atoms with van der Waals surface area (Å²) in [7, 11) is 1.98. The predicted octanol–water partition coefficient (Wildman–Crippen LogP) is 4.36. The standard InChI is InChI=1S/C15H15BrFN/c1-18(11-13-7-2-4-8-14(13)17)15-9-5-3-6-12(15)10-16/h2-9H,10-11H2,1H3. The third kappa shape index (κ3) is 2.91. The zero-order chi connectivity index (χ0) is 13.0. The molecule has 0 aliphatic heterocycles. The Hall–Kier alpha value is -1.35. The van der Waals surface area contributed by atoms with E-state index in [1.807, 2.05) is 31.3 Å². The van der Waals surface area contributed by atoms with E-state index < -0.39 is 0 Å². The summed E-state index contributed by atoms with van der Waals surface area (Å²) in [4.78, 5) is 2.06. The van der Waals surface area contributed by atoms with Crippen molar-refractivity contribution in [2.75, 3.05) is 11.9 Å². The van der Waals surface area contributed by atoms with Gasteiger partial charge in [-0.2, -0.15) is 0 Å². The van der Waals surface area contributed by atoms with E-state index in [-0.39, 0.29) is 5.82 Å². The second-order valence-corrected chi connectivity index (χ2v) is 4.77. The topological polar surface area (TPSA) is 3.24 Å². The molecule has 2 rings (SSSR count). The van der Waals surface area contributed by atoms with E-state index in [2.05, 4.69) is 33.0 Å². The fraction of sp³-hybridized carbons (Fsp3) is 0.200. The summed E-state index contributed by atoms with van der Waals surface area (Å²) in [6.07, 6.45) is 0. The molecule has 3 heteroatoms. The first-order chi connectivity index (χ1) is 8.72. The van der Waals surface area contributed by atoms with Gasteiger partial charge in [0.05, 0.1) is 0 Å². The van der Waals surface area contributed by atoms with Crippen LogP contribution in [0.25, 0.3) is 0 Å². The Bertz CT molecular complexity index is 527. The van der Waals surface area contributed by atoms with Crippen molar-refractivity contribution in [2.24, 2.45) is 0 Å². The molecule has 94 valence electrons. The second-order valence-electron chi connectivity index (χ2n) is 4.21. The molecule has 0 heterocycles. The monoisotopic (exact) mass is 307 g/mol. The zero-order valence-electron chi connectivity index (χ0n) is 10.2. The molecule has 0 spiro atoms. The summed E-state index contributed by atoms with van der Waals surface area (Å²) >= 11 is 3.48. The van der Waals surface area contributed by atoms with Crippen LogP contribution in [0, 0.1) is 5.82 Å². The number of rotatable bonds is 4. The third-order valence-corrected chi connectivity index (χ3v) is 3.52. The molecular weight excluding hydrogens is 293 g/mol. The number of anilines is 1. The first-order valence-corrected chi connectivity index (χ1v) is 6.93. The van der Waals surface area contributed by atoms with Gasteiger partial charge in [0.25, 0.3) is 0 Å². The molecule has 0 aromatic heterocycles. The van der Waals surface area contributed by atoms with Gasteiger partial charge in [-0.05, 0) is 17.7 Å². The average Bonchev–Trinajstić information content (AvgIpc) is 2.41. The Kier molecular flexibility index (Phi) is 4.37. The van der Waals surface area contributed by atoms with Crippen LogP contribution in [0.3, 0.4) is 0 Å². The first-order valence-electron chi connectivity index (χ1n) is 5.81. The van der Waals surface area contributed by atoms with Gasteiger partial charge in [-0.3, -0.25) is 0 Å². The van der Waals surface area contributed by atoms with Crippen LogP contribution in [-0.2, 0) is 11.9 Å². The van der Waals surface area contributed by atoms with E-state index in [0.717, 1.165) is 11.0 Å². The first kappa shape index (κ1) is 13.1. The largest absolute Gasteiger partial charge is 0.370 e. The fourth-order valence-corrected chi connectivity index (χ4v) is 2.44. The van der Waals surface area contributed by atoms with Gasteiger partial charge in [-0.15, -0.1) is 0 Å². The van der Waals surface area contributed by atoms with E-state index in [4.69, 9.17) is 0 Å². The maximum Gasteiger partial charge on any atom is 0.128 e. The van der Waals surface area contributed by atoms with Gasteiger partial charge in [-0.25, -0.2) is 4.39 Å². The molecule has 0 amide bonds. The van der Waals surface area contributed by atoms with E-state index in [1.54, 1.807) is 6.07 Å².